The van der Waals surface area contributed by atoms with E-state index in [-0.39, 0.29) is 31.1 Å². The van der Waals surface area contributed by atoms with Crippen LogP contribution in [0.3, 0.4) is 0 Å². The summed E-state index contributed by atoms with van der Waals surface area (Å²) in [5, 5.41) is 0. The maximum Gasteiger partial charge on any atom is 0.306 e. The van der Waals surface area contributed by atoms with Gasteiger partial charge in [-0.2, -0.15) is 0 Å². The quantitative estimate of drug-likeness (QED) is 0.0343. The van der Waals surface area contributed by atoms with Crippen LogP contribution in [-0.4, -0.2) is 37.2 Å². The normalized spacial score (nSPS) is 11.9. The first kappa shape index (κ1) is 76.4. The minimum Gasteiger partial charge on any atom is -0.462 e. The van der Waals surface area contributed by atoms with Crippen LogP contribution in [-0.2, 0) is 28.6 Å². The highest BCUT2D eigenvalue weighted by atomic mass is 16.6. The fourth-order valence-corrected chi connectivity index (χ4v) is 11.5. The van der Waals surface area contributed by atoms with Crippen LogP contribution >= 0.6 is 0 Å². The summed E-state index contributed by atoms with van der Waals surface area (Å²) in [7, 11) is 0. The molecular weight excluding hydrogens is 961 g/mol. The Bertz CT molecular complexity index is 1170. The third-order valence-electron chi connectivity index (χ3n) is 16.9. The van der Waals surface area contributed by atoms with Gasteiger partial charge in [0.2, 0.25) is 0 Å². The fraction of sp³-hybridized carbons (Fsp3) is 0.958. The third-order valence-corrected chi connectivity index (χ3v) is 16.9. The van der Waals surface area contributed by atoms with Crippen LogP contribution < -0.4 is 0 Å². The van der Waals surface area contributed by atoms with E-state index in [1.807, 2.05) is 0 Å². The number of ether oxygens (including phenoxy) is 3. The molecule has 0 N–H and O–H groups in total. The van der Waals surface area contributed by atoms with Crippen LogP contribution in [0, 0.1) is 0 Å². The van der Waals surface area contributed by atoms with Crippen molar-refractivity contribution in [2.45, 2.75) is 431 Å². The topological polar surface area (TPSA) is 78.9 Å². The second-order valence-electron chi connectivity index (χ2n) is 24.9. The van der Waals surface area contributed by atoms with E-state index in [9.17, 15) is 14.4 Å². The van der Waals surface area contributed by atoms with E-state index in [0.29, 0.717) is 19.3 Å². The summed E-state index contributed by atoms with van der Waals surface area (Å²) in [6.07, 6.45) is 80.2. The van der Waals surface area contributed by atoms with Gasteiger partial charge in [0.05, 0.1) is 0 Å². The summed E-state index contributed by atoms with van der Waals surface area (Å²) in [6, 6.07) is 0. The summed E-state index contributed by atoms with van der Waals surface area (Å²) < 4.78 is 17.0. The SMILES string of the molecule is CCCCCCCCCCCCCCCCCCCCCCCCCCCCCCCCCCC(=O)OCC(COC(=O)CCCCCCCCCCCCC)OC(=O)CCCCCCCCCCCCCCCCCCC. The van der Waals surface area contributed by atoms with Crippen molar-refractivity contribution in [1.29, 1.82) is 0 Å². The zero-order chi connectivity index (χ0) is 56.4. The Hall–Kier alpha value is -1.59. The Morgan fingerprint density at radius 3 is 0.513 bits per heavy atom. The zero-order valence-corrected chi connectivity index (χ0v) is 53.5. The molecule has 1 atom stereocenters. The molecule has 0 aliphatic rings. The van der Waals surface area contributed by atoms with Crippen LogP contribution in [0.2, 0.25) is 0 Å². The number of unbranched alkanes of at least 4 members (excludes halogenated alkanes) is 57. The van der Waals surface area contributed by atoms with Gasteiger partial charge in [-0.05, 0) is 19.3 Å². The second-order valence-corrected chi connectivity index (χ2v) is 24.9. The van der Waals surface area contributed by atoms with Crippen molar-refractivity contribution < 1.29 is 28.6 Å². The van der Waals surface area contributed by atoms with Crippen molar-refractivity contribution in [3.8, 4) is 0 Å². The van der Waals surface area contributed by atoms with E-state index >= 15 is 0 Å². The highest BCUT2D eigenvalue weighted by Gasteiger charge is 2.20. The third kappa shape index (κ3) is 65.2. The molecule has 464 valence electrons. The van der Waals surface area contributed by atoms with E-state index in [4.69, 9.17) is 14.2 Å². The van der Waals surface area contributed by atoms with Crippen LogP contribution in [0.15, 0.2) is 0 Å². The summed E-state index contributed by atoms with van der Waals surface area (Å²) in [4.78, 5) is 38.3. The summed E-state index contributed by atoms with van der Waals surface area (Å²) in [6.45, 7) is 6.73. The van der Waals surface area contributed by atoms with E-state index in [1.54, 1.807) is 0 Å². The second kappa shape index (κ2) is 67.9. The maximum absolute atomic E-state index is 12.9. The lowest BCUT2D eigenvalue weighted by molar-refractivity contribution is -0.167. The molecule has 0 bridgehead atoms. The predicted octanol–water partition coefficient (Wildman–Crippen LogP) is 24.6. The van der Waals surface area contributed by atoms with Crippen LogP contribution in [0.4, 0.5) is 0 Å². The van der Waals surface area contributed by atoms with Gasteiger partial charge in [0.15, 0.2) is 6.10 Å². The van der Waals surface area contributed by atoms with Gasteiger partial charge < -0.3 is 14.2 Å². The van der Waals surface area contributed by atoms with Crippen LogP contribution in [0.5, 0.6) is 0 Å². The van der Waals surface area contributed by atoms with Crippen LogP contribution in [0.25, 0.3) is 0 Å². The van der Waals surface area contributed by atoms with E-state index < -0.39 is 6.10 Å². The number of esters is 3. The minimum absolute atomic E-state index is 0.0605. The molecule has 6 heteroatoms. The molecular formula is C72H140O6. The van der Waals surface area contributed by atoms with Crippen molar-refractivity contribution in [2.75, 3.05) is 13.2 Å². The number of hydrogen-bond donors (Lipinski definition) is 0. The maximum atomic E-state index is 12.9. The number of rotatable bonds is 68. The lowest BCUT2D eigenvalue weighted by Crippen LogP contribution is -2.30. The Morgan fingerprint density at radius 2 is 0.346 bits per heavy atom. The molecule has 1 unspecified atom stereocenters. The van der Waals surface area contributed by atoms with Crippen LogP contribution in [0.1, 0.15) is 425 Å². The summed E-state index contributed by atoms with van der Waals surface area (Å²) >= 11 is 0. The van der Waals surface area contributed by atoms with Gasteiger partial charge in [-0.25, -0.2) is 0 Å². The van der Waals surface area contributed by atoms with Crippen molar-refractivity contribution in [1.82, 2.24) is 0 Å². The predicted molar refractivity (Wildman–Crippen MR) is 340 cm³/mol. The molecule has 0 amide bonds. The Kier molecular flexibility index (Phi) is 66.5. The van der Waals surface area contributed by atoms with Gasteiger partial charge in [0, 0.05) is 19.3 Å². The molecule has 0 aromatic heterocycles. The highest BCUT2D eigenvalue weighted by Crippen LogP contribution is 2.20. The molecule has 0 aromatic carbocycles. The van der Waals surface area contributed by atoms with Crippen molar-refractivity contribution in [3.63, 3.8) is 0 Å². The number of hydrogen-bond acceptors (Lipinski definition) is 6. The van der Waals surface area contributed by atoms with Crippen molar-refractivity contribution >= 4 is 17.9 Å². The molecule has 0 heterocycles. The highest BCUT2D eigenvalue weighted by molar-refractivity contribution is 5.71. The van der Waals surface area contributed by atoms with Gasteiger partial charge in [-0.15, -0.1) is 0 Å². The van der Waals surface area contributed by atoms with Gasteiger partial charge in [0.1, 0.15) is 13.2 Å². The monoisotopic (exact) mass is 1100 g/mol. The lowest BCUT2D eigenvalue weighted by atomic mass is 10.0. The van der Waals surface area contributed by atoms with Gasteiger partial charge in [-0.1, -0.05) is 387 Å². The first-order valence-corrected chi connectivity index (χ1v) is 36.0. The van der Waals surface area contributed by atoms with E-state index in [2.05, 4.69) is 20.8 Å². The first-order valence-electron chi connectivity index (χ1n) is 36.0. The molecule has 0 saturated heterocycles. The van der Waals surface area contributed by atoms with Crippen molar-refractivity contribution in [3.05, 3.63) is 0 Å². The average molecular weight is 1100 g/mol. The minimum atomic E-state index is -0.762. The molecule has 6 nitrogen and oxygen atoms in total. The number of carbonyl (C=O) groups is 3. The smallest absolute Gasteiger partial charge is 0.306 e. The molecule has 0 aromatic rings. The fourth-order valence-electron chi connectivity index (χ4n) is 11.5. The molecule has 0 fully saturated rings. The average Bonchev–Trinajstić information content (AvgIpc) is 3.44. The first-order chi connectivity index (χ1) is 38.5. The molecule has 0 saturated carbocycles. The molecule has 0 aliphatic carbocycles. The summed E-state index contributed by atoms with van der Waals surface area (Å²) in [5.74, 6) is -0.824. The standard InChI is InChI=1S/C72H140O6/c1-4-7-10-13-16-19-22-24-26-28-29-30-31-32-33-34-35-36-37-38-39-40-41-42-44-45-47-50-53-56-59-62-65-71(74)77-68-69(67-76-70(73)64-61-58-55-52-49-21-18-15-12-9-6-3)78-72(75)66-63-60-57-54-51-48-46-43-27-25-23-20-17-14-11-8-5-2/h69H,4-68H2,1-3H3. The molecule has 0 aliphatic heterocycles. The van der Waals surface area contributed by atoms with Crippen molar-refractivity contribution in [2.24, 2.45) is 0 Å². The van der Waals surface area contributed by atoms with Gasteiger partial charge in [0.25, 0.3) is 0 Å². The Balaban J connectivity index is 4.03. The molecule has 0 radical (unpaired) electrons. The van der Waals surface area contributed by atoms with E-state index in [1.165, 1.54) is 327 Å². The molecule has 78 heavy (non-hydrogen) atoms. The van der Waals surface area contributed by atoms with E-state index in [0.717, 1.165) is 57.8 Å². The Morgan fingerprint density at radius 1 is 0.205 bits per heavy atom. The largest absolute Gasteiger partial charge is 0.462 e. The lowest BCUT2D eigenvalue weighted by Gasteiger charge is -2.18. The zero-order valence-electron chi connectivity index (χ0n) is 53.5. The van der Waals surface area contributed by atoms with Gasteiger partial charge >= 0.3 is 17.9 Å². The summed E-state index contributed by atoms with van der Waals surface area (Å²) in [5.41, 5.74) is 0. The molecule has 0 rings (SSSR count). The van der Waals surface area contributed by atoms with Gasteiger partial charge in [-0.3, -0.25) is 14.4 Å². The number of carbonyl (C=O) groups excluding carboxylic acids is 3. The molecule has 0 spiro atoms. The Labute approximate surface area is 488 Å².